The molecule has 18 heavy (non-hydrogen) atoms. The van der Waals surface area contributed by atoms with Crippen LogP contribution in [0.2, 0.25) is 0 Å². The molecular weight excluding hydrogens is 230 g/mol. The summed E-state index contributed by atoms with van der Waals surface area (Å²) >= 11 is 0. The van der Waals surface area contributed by atoms with E-state index in [1.165, 1.54) is 0 Å². The van der Waals surface area contributed by atoms with Gasteiger partial charge in [0.15, 0.2) is 0 Å². The fourth-order valence-electron chi connectivity index (χ4n) is 1.68. The molecular formula is C14H19NO3. The molecule has 1 N–H and O–H groups in total. The Hall–Kier alpha value is -1.84. The second-order valence-corrected chi connectivity index (χ2v) is 4.63. The van der Waals surface area contributed by atoms with E-state index in [1.807, 2.05) is 45.0 Å². The van der Waals surface area contributed by atoms with Crippen LogP contribution in [0.1, 0.15) is 25.8 Å². The van der Waals surface area contributed by atoms with Crippen molar-refractivity contribution in [3.05, 3.63) is 29.8 Å². The van der Waals surface area contributed by atoms with Gasteiger partial charge in [0.2, 0.25) is 5.91 Å². The molecule has 0 spiro atoms. The van der Waals surface area contributed by atoms with E-state index in [9.17, 15) is 9.59 Å². The molecule has 0 atom stereocenters. The van der Waals surface area contributed by atoms with Crippen LogP contribution in [-0.2, 0) is 9.59 Å². The van der Waals surface area contributed by atoms with Crippen molar-refractivity contribution in [1.82, 2.24) is 0 Å². The van der Waals surface area contributed by atoms with E-state index >= 15 is 0 Å². The molecule has 0 aromatic heterocycles. The van der Waals surface area contributed by atoms with Gasteiger partial charge in [-0.25, -0.2) is 0 Å². The second kappa shape index (κ2) is 6.19. The zero-order valence-electron chi connectivity index (χ0n) is 11.0. The first kappa shape index (κ1) is 14.2. The topological polar surface area (TPSA) is 57.6 Å². The molecule has 0 fully saturated rings. The molecule has 0 aliphatic heterocycles. The Balaban J connectivity index is 2.96. The smallest absolute Gasteiger partial charge is 0.305 e. The Labute approximate surface area is 107 Å². The lowest BCUT2D eigenvalue weighted by atomic mass is 10.1. The average Bonchev–Trinajstić information content (AvgIpc) is 2.28. The van der Waals surface area contributed by atoms with Crippen molar-refractivity contribution < 1.29 is 14.7 Å². The third-order valence-electron chi connectivity index (χ3n) is 2.62. The monoisotopic (exact) mass is 249 g/mol. The van der Waals surface area contributed by atoms with Crippen molar-refractivity contribution in [3.8, 4) is 0 Å². The number of benzene rings is 1. The maximum Gasteiger partial charge on any atom is 0.305 e. The molecule has 1 amide bonds. The van der Waals surface area contributed by atoms with E-state index in [0.717, 1.165) is 11.3 Å². The van der Waals surface area contributed by atoms with Crippen LogP contribution in [0.3, 0.4) is 0 Å². The molecule has 0 saturated heterocycles. The van der Waals surface area contributed by atoms with Crippen LogP contribution in [0, 0.1) is 12.8 Å². The largest absolute Gasteiger partial charge is 0.481 e. The van der Waals surface area contributed by atoms with Crippen molar-refractivity contribution in [1.29, 1.82) is 0 Å². The maximum atomic E-state index is 12.1. The van der Waals surface area contributed by atoms with Gasteiger partial charge in [-0.15, -0.1) is 0 Å². The predicted molar refractivity (Wildman–Crippen MR) is 70.6 cm³/mol. The number of amides is 1. The summed E-state index contributed by atoms with van der Waals surface area (Å²) in [6.07, 6.45) is -0.0492. The SMILES string of the molecule is Cc1cccc(N(CCC(=O)O)C(=O)C(C)C)c1. The molecule has 0 heterocycles. The van der Waals surface area contributed by atoms with E-state index in [-0.39, 0.29) is 24.8 Å². The minimum atomic E-state index is -0.899. The average molecular weight is 249 g/mol. The molecule has 0 aliphatic carbocycles. The summed E-state index contributed by atoms with van der Waals surface area (Å²) in [5.74, 6) is -1.11. The minimum absolute atomic E-state index is 0.0492. The maximum absolute atomic E-state index is 12.1. The Morgan fingerprint density at radius 2 is 2.00 bits per heavy atom. The third-order valence-corrected chi connectivity index (χ3v) is 2.62. The number of carboxylic acids is 1. The molecule has 0 radical (unpaired) electrons. The number of aliphatic carboxylic acids is 1. The normalized spacial score (nSPS) is 10.4. The Morgan fingerprint density at radius 1 is 1.33 bits per heavy atom. The number of hydrogen-bond acceptors (Lipinski definition) is 2. The Morgan fingerprint density at radius 3 is 2.50 bits per heavy atom. The lowest BCUT2D eigenvalue weighted by Crippen LogP contribution is -2.36. The summed E-state index contributed by atoms with van der Waals surface area (Å²) in [5.41, 5.74) is 1.80. The van der Waals surface area contributed by atoms with Gasteiger partial charge in [-0.3, -0.25) is 9.59 Å². The van der Waals surface area contributed by atoms with Crippen LogP contribution in [0.25, 0.3) is 0 Å². The number of rotatable bonds is 5. The number of carboxylic acid groups (broad SMARTS) is 1. The lowest BCUT2D eigenvalue weighted by Gasteiger charge is -2.24. The van der Waals surface area contributed by atoms with Gasteiger partial charge in [0.1, 0.15) is 0 Å². The van der Waals surface area contributed by atoms with E-state index in [4.69, 9.17) is 5.11 Å². The van der Waals surface area contributed by atoms with Gasteiger partial charge in [0, 0.05) is 18.2 Å². The molecule has 1 aromatic rings. The molecule has 0 unspecified atom stereocenters. The molecule has 98 valence electrons. The van der Waals surface area contributed by atoms with Crippen LogP contribution < -0.4 is 4.90 Å². The van der Waals surface area contributed by atoms with Crippen LogP contribution in [0.4, 0.5) is 5.69 Å². The van der Waals surface area contributed by atoms with Crippen LogP contribution >= 0.6 is 0 Å². The van der Waals surface area contributed by atoms with Crippen molar-refractivity contribution in [2.45, 2.75) is 27.2 Å². The standard InChI is InChI=1S/C14H19NO3/c1-10(2)14(18)15(8-7-13(16)17)12-6-4-5-11(3)9-12/h4-6,9-10H,7-8H2,1-3H3,(H,16,17). The quantitative estimate of drug-likeness (QED) is 0.872. The summed E-state index contributed by atoms with van der Waals surface area (Å²) in [7, 11) is 0. The van der Waals surface area contributed by atoms with Gasteiger partial charge in [-0.05, 0) is 24.6 Å². The Bertz CT molecular complexity index is 440. The zero-order chi connectivity index (χ0) is 13.7. The first-order chi connectivity index (χ1) is 8.41. The van der Waals surface area contributed by atoms with Gasteiger partial charge in [0.05, 0.1) is 6.42 Å². The molecule has 1 aromatic carbocycles. The van der Waals surface area contributed by atoms with Crippen LogP contribution in [0.15, 0.2) is 24.3 Å². The first-order valence-electron chi connectivity index (χ1n) is 6.01. The second-order valence-electron chi connectivity index (χ2n) is 4.63. The van der Waals surface area contributed by atoms with E-state index in [0.29, 0.717) is 0 Å². The molecule has 0 saturated carbocycles. The highest BCUT2D eigenvalue weighted by Gasteiger charge is 2.19. The van der Waals surface area contributed by atoms with Gasteiger partial charge >= 0.3 is 5.97 Å². The first-order valence-corrected chi connectivity index (χ1v) is 6.01. The van der Waals surface area contributed by atoms with E-state index in [1.54, 1.807) is 4.90 Å². The summed E-state index contributed by atoms with van der Waals surface area (Å²) < 4.78 is 0. The highest BCUT2D eigenvalue weighted by Crippen LogP contribution is 2.18. The minimum Gasteiger partial charge on any atom is -0.481 e. The van der Waals surface area contributed by atoms with Crippen LogP contribution in [-0.4, -0.2) is 23.5 Å². The van der Waals surface area contributed by atoms with E-state index in [2.05, 4.69) is 0 Å². The van der Waals surface area contributed by atoms with Crippen molar-refractivity contribution in [2.24, 2.45) is 5.92 Å². The lowest BCUT2D eigenvalue weighted by molar-refractivity contribution is -0.136. The van der Waals surface area contributed by atoms with Gasteiger partial charge in [-0.1, -0.05) is 26.0 Å². The number of nitrogens with zero attached hydrogens (tertiary/aromatic N) is 1. The van der Waals surface area contributed by atoms with Crippen LogP contribution in [0.5, 0.6) is 0 Å². The Kier molecular flexibility index (Phi) is 4.89. The molecule has 1 rings (SSSR count). The predicted octanol–water partition coefficient (Wildman–Crippen LogP) is 2.46. The molecule has 0 aliphatic rings. The number of hydrogen-bond donors (Lipinski definition) is 1. The highest BCUT2D eigenvalue weighted by atomic mass is 16.4. The number of aryl methyl sites for hydroxylation is 1. The number of carbonyl (C=O) groups excluding carboxylic acids is 1. The van der Waals surface area contributed by atoms with Gasteiger partial charge < -0.3 is 10.0 Å². The summed E-state index contributed by atoms with van der Waals surface area (Å²) in [6, 6.07) is 7.53. The fourth-order valence-corrected chi connectivity index (χ4v) is 1.68. The summed E-state index contributed by atoms with van der Waals surface area (Å²) in [6.45, 7) is 5.77. The van der Waals surface area contributed by atoms with Crippen molar-refractivity contribution >= 4 is 17.6 Å². The van der Waals surface area contributed by atoms with Gasteiger partial charge in [0.25, 0.3) is 0 Å². The van der Waals surface area contributed by atoms with Crippen molar-refractivity contribution in [3.63, 3.8) is 0 Å². The number of anilines is 1. The molecule has 4 heteroatoms. The summed E-state index contributed by atoms with van der Waals surface area (Å²) in [4.78, 5) is 24.3. The molecule has 0 bridgehead atoms. The van der Waals surface area contributed by atoms with E-state index < -0.39 is 5.97 Å². The fraction of sp³-hybridized carbons (Fsp3) is 0.429. The number of carbonyl (C=O) groups is 2. The van der Waals surface area contributed by atoms with Gasteiger partial charge in [-0.2, -0.15) is 0 Å². The summed E-state index contributed by atoms with van der Waals surface area (Å²) in [5, 5.41) is 8.75. The third kappa shape index (κ3) is 3.87. The van der Waals surface area contributed by atoms with Crippen molar-refractivity contribution in [2.75, 3.05) is 11.4 Å². The zero-order valence-corrected chi connectivity index (χ0v) is 11.0. The highest BCUT2D eigenvalue weighted by molar-refractivity contribution is 5.95. The molecule has 4 nitrogen and oxygen atoms in total.